The molecule has 27 heavy (non-hydrogen) atoms. The molecule has 2 heterocycles. The number of sulfonamides is 1. The van der Waals surface area contributed by atoms with Gasteiger partial charge in [-0.1, -0.05) is 30.0 Å². The number of carbonyl (C=O) groups excluding carboxylic acids is 1. The molecular formula is C17H23N5O3S2. The van der Waals surface area contributed by atoms with Gasteiger partial charge >= 0.3 is 0 Å². The van der Waals surface area contributed by atoms with Gasteiger partial charge in [0, 0.05) is 25.4 Å². The molecule has 1 saturated heterocycles. The van der Waals surface area contributed by atoms with Gasteiger partial charge in [0.05, 0.1) is 10.8 Å². The standard InChI is InChI=1S/C17H23N5O3S2/c1-13-19-17(21-20-13)26-11-9-18-16(23)14-6-5-10-22(12-14)27(24,25)15-7-3-2-4-8-15/h2-4,7-8,14H,5-6,9-12H2,1H3,(H,18,23)(H,19,20,21)/t14-/m0/s1. The Morgan fingerprint density at radius 3 is 2.85 bits per heavy atom. The number of nitrogens with zero attached hydrogens (tertiary/aromatic N) is 3. The molecule has 146 valence electrons. The van der Waals surface area contributed by atoms with Crippen molar-refractivity contribution in [2.24, 2.45) is 5.92 Å². The summed E-state index contributed by atoms with van der Waals surface area (Å²) in [6, 6.07) is 8.36. The number of aromatic amines is 1. The molecule has 0 radical (unpaired) electrons. The lowest BCUT2D eigenvalue weighted by Gasteiger charge is -2.31. The molecule has 1 aliphatic rings. The van der Waals surface area contributed by atoms with Gasteiger partial charge in [0.25, 0.3) is 0 Å². The van der Waals surface area contributed by atoms with Crippen LogP contribution in [0.3, 0.4) is 0 Å². The Labute approximate surface area is 163 Å². The summed E-state index contributed by atoms with van der Waals surface area (Å²) in [5.74, 6) is 0.980. The molecular weight excluding hydrogens is 386 g/mol. The molecule has 1 aliphatic heterocycles. The summed E-state index contributed by atoms with van der Waals surface area (Å²) in [6.07, 6.45) is 1.37. The number of benzene rings is 1. The average Bonchev–Trinajstić information content (AvgIpc) is 3.11. The molecule has 10 heteroatoms. The van der Waals surface area contributed by atoms with E-state index in [4.69, 9.17) is 0 Å². The van der Waals surface area contributed by atoms with Crippen molar-refractivity contribution in [3.8, 4) is 0 Å². The summed E-state index contributed by atoms with van der Waals surface area (Å²) in [5.41, 5.74) is 0. The molecule has 0 spiro atoms. The van der Waals surface area contributed by atoms with Crippen LogP contribution < -0.4 is 5.32 Å². The highest BCUT2D eigenvalue weighted by molar-refractivity contribution is 7.99. The number of H-pyrrole nitrogens is 1. The lowest BCUT2D eigenvalue weighted by molar-refractivity contribution is -0.125. The van der Waals surface area contributed by atoms with E-state index in [1.165, 1.54) is 16.1 Å². The van der Waals surface area contributed by atoms with Crippen LogP contribution in [0.5, 0.6) is 0 Å². The van der Waals surface area contributed by atoms with E-state index < -0.39 is 10.0 Å². The normalized spacial score (nSPS) is 18.3. The second kappa shape index (κ2) is 8.85. The summed E-state index contributed by atoms with van der Waals surface area (Å²) in [4.78, 5) is 16.9. The van der Waals surface area contributed by atoms with Crippen molar-refractivity contribution < 1.29 is 13.2 Å². The summed E-state index contributed by atoms with van der Waals surface area (Å²) >= 11 is 1.46. The van der Waals surface area contributed by atoms with E-state index >= 15 is 0 Å². The lowest BCUT2D eigenvalue weighted by atomic mass is 9.99. The second-order valence-electron chi connectivity index (χ2n) is 6.36. The van der Waals surface area contributed by atoms with Gasteiger partial charge in [0.2, 0.25) is 21.1 Å². The third-order valence-corrected chi connectivity index (χ3v) is 7.07. The maximum atomic E-state index is 12.7. The Hall–Kier alpha value is -1.91. The predicted octanol–water partition coefficient (Wildman–Crippen LogP) is 1.42. The summed E-state index contributed by atoms with van der Waals surface area (Å²) in [5, 5.41) is 10.3. The van der Waals surface area contributed by atoms with Gasteiger partial charge in [-0.05, 0) is 31.9 Å². The summed E-state index contributed by atoms with van der Waals surface area (Å²) < 4.78 is 26.9. The third kappa shape index (κ3) is 5.08. The van der Waals surface area contributed by atoms with Crippen molar-refractivity contribution in [2.45, 2.75) is 29.8 Å². The maximum Gasteiger partial charge on any atom is 0.243 e. The minimum Gasteiger partial charge on any atom is -0.355 e. The average molecular weight is 410 g/mol. The Kier molecular flexibility index (Phi) is 6.51. The van der Waals surface area contributed by atoms with E-state index in [9.17, 15) is 13.2 Å². The molecule has 3 rings (SSSR count). The van der Waals surface area contributed by atoms with Crippen molar-refractivity contribution in [1.29, 1.82) is 0 Å². The molecule has 0 saturated carbocycles. The summed E-state index contributed by atoms with van der Waals surface area (Å²) in [7, 11) is -3.56. The number of piperidine rings is 1. The van der Waals surface area contributed by atoms with Gasteiger partial charge in [0.15, 0.2) is 0 Å². The van der Waals surface area contributed by atoms with Crippen LogP contribution in [0.4, 0.5) is 0 Å². The van der Waals surface area contributed by atoms with Gasteiger partial charge in [-0.25, -0.2) is 13.4 Å². The first-order valence-corrected chi connectivity index (χ1v) is 11.2. The van der Waals surface area contributed by atoms with Crippen molar-refractivity contribution in [1.82, 2.24) is 24.8 Å². The van der Waals surface area contributed by atoms with E-state index in [0.29, 0.717) is 36.8 Å². The molecule has 0 aliphatic carbocycles. The summed E-state index contributed by atoms with van der Waals surface area (Å²) in [6.45, 7) is 2.98. The van der Waals surface area contributed by atoms with Crippen molar-refractivity contribution in [3.05, 3.63) is 36.2 Å². The molecule has 2 aromatic rings. The van der Waals surface area contributed by atoms with Crippen molar-refractivity contribution in [2.75, 3.05) is 25.4 Å². The minimum atomic E-state index is -3.56. The van der Waals surface area contributed by atoms with Crippen LogP contribution in [0.15, 0.2) is 40.4 Å². The second-order valence-corrected chi connectivity index (χ2v) is 9.36. The molecule has 0 bridgehead atoms. The first-order valence-electron chi connectivity index (χ1n) is 8.81. The number of carbonyl (C=O) groups is 1. The number of hydrogen-bond donors (Lipinski definition) is 2. The number of hydrogen-bond acceptors (Lipinski definition) is 6. The molecule has 2 N–H and O–H groups in total. The maximum absolute atomic E-state index is 12.7. The fraction of sp³-hybridized carbons (Fsp3) is 0.471. The molecule has 8 nitrogen and oxygen atoms in total. The van der Waals surface area contributed by atoms with E-state index in [2.05, 4.69) is 20.5 Å². The number of rotatable bonds is 7. The van der Waals surface area contributed by atoms with Crippen LogP contribution in [-0.2, 0) is 14.8 Å². The van der Waals surface area contributed by atoms with Crippen LogP contribution in [0.1, 0.15) is 18.7 Å². The van der Waals surface area contributed by atoms with Gasteiger partial charge in [-0.15, -0.1) is 5.10 Å². The molecule has 1 atom stereocenters. The zero-order valence-electron chi connectivity index (χ0n) is 15.1. The van der Waals surface area contributed by atoms with Gasteiger partial charge < -0.3 is 5.32 Å². The number of amides is 1. The SMILES string of the molecule is Cc1nc(SCCNC(=O)[C@H]2CCCN(S(=O)(=O)c3ccccc3)C2)n[nH]1. The Morgan fingerprint density at radius 2 is 2.15 bits per heavy atom. The van der Waals surface area contributed by atoms with E-state index in [1.807, 2.05) is 6.92 Å². The zero-order chi connectivity index (χ0) is 19.3. The van der Waals surface area contributed by atoms with E-state index in [-0.39, 0.29) is 23.3 Å². The first kappa shape index (κ1) is 19.8. The first-order chi connectivity index (χ1) is 13.0. The number of thioether (sulfide) groups is 1. The molecule has 1 fully saturated rings. The minimum absolute atomic E-state index is 0.102. The van der Waals surface area contributed by atoms with Crippen LogP contribution in [-0.4, -0.2) is 59.2 Å². The van der Waals surface area contributed by atoms with Crippen LogP contribution >= 0.6 is 11.8 Å². The predicted molar refractivity (Wildman–Crippen MR) is 103 cm³/mol. The van der Waals surface area contributed by atoms with Gasteiger partial charge in [-0.3, -0.25) is 9.89 Å². The molecule has 0 unspecified atom stereocenters. The van der Waals surface area contributed by atoms with E-state index in [0.717, 1.165) is 5.82 Å². The Balaban J connectivity index is 1.50. The van der Waals surface area contributed by atoms with Crippen molar-refractivity contribution >= 4 is 27.7 Å². The fourth-order valence-corrected chi connectivity index (χ4v) is 5.21. The topological polar surface area (TPSA) is 108 Å². The Bertz CT molecular complexity index is 870. The highest BCUT2D eigenvalue weighted by atomic mass is 32.2. The highest BCUT2D eigenvalue weighted by Crippen LogP contribution is 2.23. The number of aryl methyl sites for hydroxylation is 1. The van der Waals surface area contributed by atoms with Gasteiger partial charge in [-0.2, -0.15) is 4.31 Å². The zero-order valence-corrected chi connectivity index (χ0v) is 16.7. The molecule has 1 aromatic carbocycles. The van der Waals surface area contributed by atoms with Crippen molar-refractivity contribution in [3.63, 3.8) is 0 Å². The van der Waals surface area contributed by atoms with Crippen LogP contribution in [0.2, 0.25) is 0 Å². The largest absolute Gasteiger partial charge is 0.355 e. The Morgan fingerprint density at radius 1 is 1.37 bits per heavy atom. The quantitative estimate of drug-likeness (QED) is 0.529. The molecule has 1 aromatic heterocycles. The lowest BCUT2D eigenvalue weighted by Crippen LogP contribution is -2.45. The van der Waals surface area contributed by atoms with E-state index in [1.54, 1.807) is 30.3 Å². The molecule has 1 amide bonds. The van der Waals surface area contributed by atoms with Crippen LogP contribution in [0.25, 0.3) is 0 Å². The third-order valence-electron chi connectivity index (χ3n) is 4.35. The number of nitrogens with one attached hydrogen (secondary N) is 2. The monoisotopic (exact) mass is 409 g/mol. The smallest absolute Gasteiger partial charge is 0.243 e. The fourth-order valence-electron chi connectivity index (χ4n) is 2.96. The van der Waals surface area contributed by atoms with Gasteiger partial charge in [0.1, 0.15) is 5.82 Å². The number of aromatic nitrogens is 3. The van der Waals surface area contributed by atoms with Crippen LogP contribution in [0, 0.1) is 12.8 Å². The highest BCUT2D eigenvalue weighted by Gasteiger charge is 2.33.